The molecule has 7 heteroatoms. The topological polar surface area (TPSA) is 54.0 Å². The van der Waals surface area contributed by atoms with Gasteiger partial charge in [-0.2, -0.15) is 0 Å². The molecule has 1 aromatic carbocycles. The van der Waals surface area contributed by atoms with Crippen molar-refractivity contribution in [2.45, 2.75) is 19.9 Å². The number of pyridine rings is 1. The minimum absolute atomic E-state index is 0. The third kappa shape index (κ3) is 6.07. The molecule has 24 heavy (non-hydrogen) atoms. The SMILES string of the molecule is Cc1cc(C(=O)NCCCNCc2cccnc2)c(Cl)cc1F.Cl. The summed E-state index contributed by atoms with van der Waals surface area (Å²) in [5.74, 6) is -0.698. The largest absolute Gasteiger partial charge is 0.352 e. The van der Waals surface area contributed by atoms with E-state index in [1.54, 1.807) is 13.1 Å². The number of halogens is 3. The quantitative estimate of drug-likeness (QED) is 0.732. The lowest BCUT2D eigenvalue weighted by Gasteiger charge is -2.09. The molecule has 1 aromatic heterocycles. The molecule has 0 radical (unpaired) electrons. The second kappa shape index (κ2) is 10.2. The van der Waals surface area contributed by atoms with Crippen LogP contribution in [-0.2, 0) is 6.54 Å². The molecule has 0 aliphatic carbocycles. The lowest BCUT2D eigenvalue weighted by atomic mass is 10.1. The summed E-state index contributed by atoms with van der Waals surface area (Å²) in [4.78, 5) is 16.1. The Labute approximate surface area is 152 Å². The van der Waals surface area contributed by atoms with Gasteiger partial charge in [0.05, 0.1) is 10.6 Å². The Morgan fingerprint density at radius 1 is 1.33 bits per heavy atom. The summed E-state index contributed by atoms with van der Waals surface area (Å²) >= 11 is 5.91. The summed E-state index contributed by atoms with van der Waals surface area (Å²) in [5.41, 5.74) is 1.82. The van der Waals surface area contributed by atoms with Crippen molar-refractivity contribution in [3.05, 3.63) is 64.2 Å². The van der Waals surface area contributed by atoms with Gasteiger partial charge in [-0.15, -0.1) is 12.4 Å². The first kappa shape index (κ1) is 20.4. The number of hydrogen-bond donors (Lipinski definition) is 2. The van der Waals surface area contributed by atoms with Crippen LogP contribution in [0.4, 0.5) is 4.39 Å². The minimum Gasteiger partial charge on any atom is -0.352 e. The number of carbonyl (C=O) groups is 1. The van der Waals surface area contributed by atoms with Gasteiger partial charge in [0, 0.05) is 25.5 Å². The molecule has 4 nitrogen and oxygen atoms in total. The van der Waals surface area contributed by atoms with E-state index in [1.165, 1.54) is 12.1 Å². The molecule has 1 amide bonds. The molecule has 0 saturated carbocycles. The van der Waals surface area contributed by atoms with Crippen LogP contribution in [-0.4, -0.2) is 24.0 Å². The molecule has 0 aliphatic heterocycles. The van der Waals surface area contributed by atoms with Gasteiger partial charge in [-0.3, -0.25) is 9.78 Å². The molecule has 0 saturated heterocycles. The minimum atomic E-state index is -0.411. The van der Waals surface area contributed by atoms with E-state index in [1.807, 2.05) is 18.3 Å². The van der Waals surface area contributed by atoms with Gasteiger partial charge in [0.2, 0.25) is 0 Å². The molecule has 2 aromatic rings. The fraction of sp³-hybridized carbons (Fsp3) is 0.294. The Hall–Kier alpha value is -1.69. The highest BCUT2D eigenvalue weighted by molar-refractivity contribution is 6.33. The number of aryl methyl sites for hydroxylation is 1. The molecule has 0 bridgehead atoms. The van der Waals surface area contributed by atoms with E-state index < -0.39 is 5.82 Å². The average molecular weight is 372 g/mol. The fourth-order valence-corrected chi connectivity index (χ4v) is 2.31. The Kier molecular flexibility index (Phi) is 8.68. The Morgan fingerprint density at radius 2 is 2.12 bits per heavy atom. The van der Waals surface area contributed by atoms with Gasteiger partial charge in [-0.1, -0.05) is 17.7 Å². The van der Waals surface area contributed by atoms with Crippen molar-refractivity contribution in [1.29, 1.82) is 0 Å². The molecular formula is C17H20Cl2FN3O. The van der Waals surface area contributed by atoms with Crippen LogP contribution in [0.1, 0.15) is 27.9 Å². The number of aromatic nitrogens is 1. The van der Waals surface area contributed by atoms with E-state index in [4.69, 9.17) is 11.6 Å². The van der Waals surface area contributed by atoms with E-state index in [-0.39, 0.29) is 23.3 Å². The zero-order valence-corrected chi connectivity index (χ0v) is 14.9. The first-order valence-electron chi connectivity index (χ1n) is 7.41. The van der Waals surface area contributed by atoms with Gasteiger partial charge in [0.1, 0.15) is 5.82 Å². The third-order valence-electron chi connectivity index (χ3n) is 3.36. The molecule has 0 fully saturated rings. The van der Waals surface area contributed by atoms with Crippen molar-refractivity contribution in [1.82, 2.24) is 15.6 Å². The van der Waals surface area contributed by atoms with E-state index in [0.717, 1.165) is 25.1 Å². The maximum Gasteiger partial charge on any atom is 0.252 e. The average Bonchev–Trinajstić information content (AvgIpc) is 2.55. The smallest absolute Gasteiger partial charge is 0.252 e. The Morgan fingerprint density at radius 3 is 2.83 bits per heavy atom. The maximum absolute atomic E-state index is 13.3. The van der Waals surface area contributed by atoms with Crippen LogP contribution in [0.15, 0.2) is 36.7 Å². The van der Waals surface area contributed by atoms with Crippen molar-refractivity contribution >= 4 is 29.9 Å². The third-order valence-corrected chi connectivity index (χ3v) is 3.67. The maximum atomic E-state index is 13.3. The molecule has 0 aliphatic rings. The van der Waals surface area contributed by atoms with E-state index in [0.29, 0.717) is 17.7 Å². The molecular weight excluding hydrogens is 352 g/mol. The molecule has 1 heterocycles. The van der Waals surface area contributed by atoms with Crippen molar-refractivity contribution in [3.63, 3.8) is 0 Å². The lowest BCUT2D eigenvalue weighted by Crippen LogP contribution is -2.27. The van der Waals surface area contributed by atoms with Crippen molar-refractivity contribution in [2.75, 3.05) is 13.1 Å². The van der Waals surface area contributed by atoms with Gasteiger partial charge < -0.3 is 10.6 Å². The normalized spacial score (nSPS) is 10.1. The van der Waals surface area contributed by atoms with Crippen LogP contribution in [0, 0.1) is 12.7 Å². The van der Waals surface area contributed by atoms with E-state index >= 15 is 0 Å². The van der Waals surface area contributed by atoms with Crippen LogP contribution in [0.3, 0.4) is 0 Å². The van der Waals surface area contributed by atoms with Crippen LogP contribution >= 0.6 is 24.0 Å². The predicted molar refractivity (Wildman–Crippen MR) is 96.3 cm³/mol. The number of nitrogens with zero attached hydrogens (tertiary/aromatic N) is 1. The van der Waals surface area contributed by atoms with Crippen LogP contribution in [0.2, 0.25) is 5.02 Å². The van der Waals surface area contributed by atoms with Gasteiger partial charge in [0.25, 0.3) is 5.91 Å². The first-order chi connectivity index (χ1) is 11.1. The highest BCUT2D eigenvalue weighted by Crippen LogP contribution is 2.20. The number of amides is 1. The van der Waals surface area contributed by atoms with Crippen LogP contribution in [0.25, 0.3) is 0 Å². The van der Waals surface area contributed by atoms with Gasteiger partial charge in [-0.05, 0) is 49.2 Å². The zero-order valence-electron chi connectivity index (χ0n) is 13.3. The number of carbonyl (C=O) groups excluding carboxylic acids is 1. The highest BCUT2D eigenvalue weighted by atomic mass is 35.5. The van der Waals surface area contributed by atoms with E-state index in [9.17, 15) is 9.18 Å². The van der Waals surface area contributed by atoms with Crippen LogP contribution in [0.5, 0.6) is 0 Å². The van der Waals surface area contributed by atoms with Gasteiger partial charge in [0.15, 0.2) is 0 Å². The van der Waals surface area contributed by atoms with Crippen molar-refractivity contribution < 1.29 is 9.18 Å². The first-order valence-corrected chi connectivity index (χ1v) is 7.79. The van der Waals surface area contributed by atoms with E-state index in [2.05, 4.69) is 15.6 Å². The molecule has 2 N–H and O–H groups in total. The van der Waals surface area contributed by atoms with Crippen molar-refractivity contribution in [3.8, 4) is 0 Å². The Balaban J connectivity index is 0.00000288. The number of rotatable bonds is 7. The van der Waals surface area contributed by atoms with Crippen LogP contribution < -0.4 is 10.6 Å². The molecule has 0 atom stereocenters. The summed E-state index contributed by atoms with van der Waals surface area (Å²) in [6.07, 6.45) is 4.33. The molecule has 0 unspecified atom stereocenters. The number of nitrogens with one attached hydrogen (secondary N) is 2. The summed E-state index contributed by atoms with van der Waals surface area (Å²) in [7, 11) is 0. The summed E-state index contributed by atoms with van der Waals surface area (Å²) in [6, 6.07) is 6.53. The second-order valence-corrected chi connectivity index (χ2v) is 5.64. The lowest BCUT2D eigenvalue weighted by molar-refractivity contribution is 0.0953. The summed E-state index contributed by atoms with van der Waals surface area (Å²) < 4.78 is 13.3. The molecule has 2 rings (SSSR count). The summed E-state index contributed by atoms with van der Waals surface area (Å²) in [5, 5.41) is 6.19. The number of hydrogen-bond acceptors (Lipinski definition) is 3. The molecule has 0 spiro atoms. The van der Waals surface area contributed by atoms with Crippen molar-refractivity contribution in [2.24, 2.45) is 0 Å². The predicted octanol–water partition coefficient (Wildman–Crippen LogP) is 3.51. The molecule has 130 valence electrons. The standard InChI is InChI=1S/C17H19ClFN3O.ClH/c1-12-8-14(15(18)9-16(12)19)17(23)22-7-3-6-21-11-13-4-2-5-20-10-13;/h2,4-5,8-10,21H,3,6-7,11H2,1H3,(H,22,23);1H. The van der Waals surface area contributed by atoms with Gasteiger partial charge >= 0.3 is 0 Å². The van der Waals surface area contributed by atoms with Gasteiger partial charge in [-0.25, -0.2) is 4.39 Å². The fourth-order valence-electron chi connectivity index (χ4n) is 2.08. The zero-order chi connectivity index (χ0) is 16.7. The monoisotopic (exact) mass is 371 g/mol. The second-order valence-electron chi connectivity index (χ2n) is 5.23. The Bertz CT molecular complexity index is 668. The number of benzene rings is 1. The summed E-state index contributed by atoms with van der Waals surface area (Å²) in [6.45, 7) is 3.63. The highest BCUT2D eigenvalue weighted by Gasteiger charge is 2.12.